The molecule has 0 unspecified atom stereocenters. The molecule has 1 saturated heterocycles. The molecule has 0 bridgehead atoms. The van der Waals surface area contributed by atoms with E-state index in [-0.39, 0.29) is 17.3 Å². The zero-order chi connectivity index (χ0) is 19.2. The van der Waals surface area contributed by atoms with Crippen LogP contribution in [-0.4, -0.2) is 29.5 Å². The lowest BCUT2D eigenvalue weighted by atomic mass is 10.2. The molecule has 0 amide bonds. The maximum absolute atomic E-state index is 13.5. The molecule has 1 fully saturated rings. The largest absolute Gasteiger partial charge is 0.418 e. The molecular formula is C17H15F2N3O3S2. The first-order valence-electron chi connectivity index (χ1n) is 8.23. The normalized spacial score (nSPS) is 18.3. The predicted molar refractivity (Wildman–Crippen MR) is 94.6 cm³/mol. The van der Waals surface area contributed by atoms with Gasteiger partial charge in [-0.05, 0) is 50.1 Å². The van der Waals surface area contributed by atoms with Crippen molar-refractivity contribution in [1.82, 2.24) is 14.5 Å². The number of nitrogens with zero attached hydrogens (tertiary/aromatic N) is 3. The lowest BCUT2D eigenvalue weighted by Crippen LogP contribution is -2.31. The molecule has 0 aliphatic carbocycles. The molecule has 27 heavy (non-hydrogen) atoms. The average molecular weight is 411 g/mol. The highest BCUT2D eigenvalue weighted by molar-refractivity contribution is 7.89. The molecule has 0 N–H and O–H groups in total. The van der Waals surface area contributed by atoms with Crippen LogP contribution in [0.2, 0.25) is 0 Å². The second kappa shape index (κ2) is 6.77. The molecule has 4 rings (SSSR count). The molecule has 3 aromatic rings. The smallest absolute Gasteiger partial charge is 0.257 e. The van der Waals surface area contributed by atoms with Crippen LogP contribution in [0.4, 0.5) is 8.78 Å². The van der Waals surface area contributed by atoms with Crippen molar-refractivity contribution in [2.24, 2.45) is 0 Å². The van der Waals surface area contributed by atoms with E-state index in [0.29, 0.717) is 24.8 Å². The summed E-state index contributed by atoms with van der Waals surface area (Å²) < 4.78 is 59.4. The maximum atomic E-state index is 13.5. The number of sulfonamides is 1. The Morgan fingerprint density at radius 2 is 2.00 bits per heavy atom. The number of hydrogen-bond donors (Lipinski definition) is 0. The Hall–Kier alpha value is -2.17. The van der Waals surface area contributed by atoms with E-state index in [0.717, 1.165) is 21.9 Å². The number of aryl methyl sites for hydroxylation is 1. The van der Waals surface area contributed by atoms with Crippen molar-refractivity contribution >= 4 is 21.4 Å². The van der Waals surface area contributed by atoms with Gasteiger partial charge >= 0.3 is 0 Å². The fourth-order valence-corrected chi connectivity index (χ4v) is 5.52. The highest BCUT2D eigenvalue weighted by Crippen LogP contribution is 2.37. The molecule has 1 aliphatic heterocycles. The second-order valence-corrected chi connectivity index (χ2v) is 9.38. The van der Waals surface area contributed by atoms with Gasteiger partial charge in [-0.2, -0.15) is 4.31 Å². The zero-order valence-corrected chi connectivity index (χ0v) is 15.9. The van der Waals surface area contributed by atoms with Crippen LogP contribution in [0.1, 0.15) is 29.7 Å². The molecule has 1 atom stereocenters. The summed E-state index contributed by atoms with van der Waals surface area (Å²) in [4.78, 5) is 1.59. The van der Waals surface area contributed by atoms with Crippen LogP contribution in [-0.2, 0) is 10.0 Å². The third-order valence-electron chi connectivity index (χ3n) is 4.38. The molecule has 142 valence electrons. The van der Waals surface area contributed by atoms with Gasteiger partial charge in [0.25, 0.3) is 5.89 Å². The summed E-state index contributed by atoms with van der Waals surface area (Å²) in [7, 11) is -4.03. The molecule has 6 nitrogen and oxygen atoms in total. The van der Waals surface area contributed by atoms with Crippen molar-refractivity contribution in [2.45, 2.75) is 30.7 Å². The van der Waals surface area contributed by atoms with Crippen LogP contribution < -0.4 is 0 Å². The summed E-state index contributed by atoms with van der Waals surface area (Å²) in [6.45, 7) is 2.19. The molecule has 1 aliphatic rings. The predicted octanol–water partition coefficient (Wildman–Crippen LogP) is 3.91. The minimum absolute atomic E-state index is 0.194. The summed E-state index contributed by atoms with van der Waals surface area (Å²) in [5, 5.41) is 8.04. The van der Waals surface area contributed by atoms with Crippen LogP contribution in [0.3, 0.4) is 0 Å². The number of hydrogen-bond acceptors (Lipinski definition) is 6. The van der Waals surface area contributed by atoms with Gasteiger partial charge in [0.1, 0.15) is 6.04 Å². The van der Waals surface area contributed by atoms with E-state index in [1.165, 1.54) is 15.6 Å². The van der Waals surface area contributed by atoms with Gasteiger partial charge in [0.2, 0.25) is 15.9 Å². The second-order valence-electron chi connectivity index (χ2n) is 6.21. The summed E-state index contributed by atoms with van der Waals surface area (Å²) in [6, 6.07) is 5.70. The van der Waals surface area contributed by atoms with E-state index in [2.05, 4.69) is 10.2 Å². The van der Waals surface area contributed by atoms with Gasteiger partial charge in [-0.25, -0.2) is 17.2 Å². The van der Waals surface area contributed by atoms with Crippen molar-refractivity contribution in [3.8, 4) is 10.8 Å². The SMILES string of the molecule is Cc1ccc(-c2nnc([C@H]3CCCN3S(=O)(=O)c3ccc(F)c(F)c3)o2)s1. The first kappa shape index (κ1) is 18.2. The number of thiophene rings is 1. The van der Waals surface area contributed by atoms with Gasteiger partial charge in [-0.3, -0.25) is 0 Å². The number of aromatic nitrogens is 2. The molecule has 3 heterocycles. The maximum Gasteiger partial charge on any atom is 0.257 e. The fourth-order valence-electron chi connectivity index (χ4n) is 3.07. The number of benzene rings is 1. The zero-order valence-electron chi connectivity index (χ0n) is 14.2. The van der Waals surface area contributed by atoms with Crippen LogP contribution in [0.5, 0.6) is 0 Å². The Balaban J connectivity index is 1.66. The highest BCUT2D eigenvalue weighted by atomic mass is 32.2. The molecular weight excluding hydrogens is 396 g/mol. The van der Waals surface area contributed by atoms with Crippen molar-refractivity contribution in [2.75, 3.05) is 6.54 Å². The first-order valence-corrected chi connectivity index (χ1v) is 10.5. The average Bonchev–Trinajstić information content (AvgIpc) is 3.35. The van der Waals surface area contributed by atoms with Gasteiger partial charge in [-0.1, -0.05) is 0 Å². The van der Waals surface area contributed by atoms with E-state index in [1.807, 2.05) is 19.1 Å². The van der Waals surface area contributed by atoms with Gasteiger partial charge in [0, 0.05) is 11.4 Å². The van der Waals surface area contributed by atoms with E-state index in [9.17, 15) is 17.2 Å². The van der Waals surface area contributed by atoms with Crippen LogP contribution >= 0.6 is 11.3 Å². The number of halogens is 2. The topological polar surface area (TPSA) is 76.3 Å². The first-order chi connectivity index (χ1) is 12.9. The van der Waals surface area contributed by atoms with E-state index >= 15 is 0 Å². The minimum atomic E-state index is -4.03. The Kier molecular flexibility index (Phi) is 4.57. The van der Waals surface area contributed by atoms with Crippen LogP contribution in [0, 0.1) is 18.6 Å². The van der Waals surface area contributed by atoms with Gasteiger partial charge in [0.05, 0.1) is 9.77 Å². The molecule has 0 saturated carbocycles. The van der Waals surface area contributed by atoms with Crippen molar-refractivity contribution < 1.29 is 21.6 Å². The third-order valence-corrected chi connectivity index (χ3v) is 7.27. The van der Waals surface area contributed by atoms with Crippen molar-refractivity contribution in [3.63, 3.8) is 0 Å². The van der Waals surface area contributed by atoms with Crippen LogP contribution in [0.25, 0.3) is 10.8 Å². The summed E-state index contributed by atoms with van der Waals surface area (Å²) in [5.74, 6) is -1.78. The van der Waals surface area contributed by atoms with E-state index < -0.39 is 27.7 Å². The van der Waals surface area contributed by atoms with Gasteiger partial charge < -0.3 is 4.42 Å². The van der Waals surface area contributed by atoms with Gasteiger partial charge in [0.15, 0.2) is 11.6 Å². The molecule has 0 spiro atoms. The molecule has 0 radical (unpaired) electrons. The van der Waals surface area contributed by atoms with Crippen molar-refractivity contribution in [1.29, 1.82) is 0 Å². The molecule has 2 aromatic heterocycles. The Labute approximate surface area is 158 Å². The third kappa shape index (κ3) is 3.28. The van der Waals surface area contributed by atoms with Gasteiger partial charge in [-0.15, -0.1) is 21.5 Å². The summed E-state index contributed by atoms with van der Waals surface area (Å²) in [6.07, 6.45) is 1.11. The van der Waals surface area contributed by atoms with Crippen molar-refractivity contribution in [3.05, 3.63) is 52.7 Å². The lowest BCUT2D eigenvalue weighted by molar-refractivity contribution is 0.332. The number of rotatable bonds is 4. The summed E-state index contributed by atoms with van der Waals surface area (Å²) in [5.41, 5.74) is 0. The van der Waals surface area contributed by atoms with Crippen LogP contribution in [0.15, 0.2) is 39.6 Å². The lowest BCUT2D eigenvalue weighted by Gasteiger charge is -2.21. The standard InChI is InChI=1S/C17H15F2N3O3S2/c1-10-4-7-15(26-10)17-21-20-16(25-17)14-3-2-8-22(14)27(23,24)11-5-6-12(18)13(19)9-11/h4-7,9,14H,2-3,8H2,1H3/t14-/m1/s1. The Bertz CT molecular complexity index is 1090. The highest BCUT2D eigenvalue weighted by Gasteiger charge is 2.39. The quantitative estimate of drug-likeness (QED) is 0.651. The monoisotopic (exact) mass is 411 g/mol. The Morgan fingerprint density at radius 1 is 1.19 bits per heavy atom. The minimum Gasteiger partial charge on any atom is -0.418 e. The molecule has 10 heteroatoms. The Morgan fingerprint density at radius 3 is 2.70 bits per heavy atom. The summed E-state index contributed by atoms with van der Waals surface area (Å²) >= 11 is 1.50. The van der Waals surface area contributed by atoms with E-state index in [4.69, 9.17) is 4.42 Å². The van der Waals surface area contributed by atoms with E-state index in [1.54, 1.807) is 0 Å². The molecule has 1 aromatic carbocycles. The fraction of sp³-hybridized carbons (Fsp3) is 0.294.